The molecule has 2 heterocycles. The van der Waals surface area contributed by atoms with Gasteiger partial charge in [0.1, 0.15) is 17.8 Å². The van der Waals surface area contributed by atoms with E-state index in [2.05, 4.69) is 10.2 Å². The van der Waals surface area contributed by atoms with E-state index >= 15 is 0 Å². The molecule has 0 aliphatic carbocycles. The predicted octanol–water partition coefficient (Wildman–Crippen LogP) is 4.01. The fourth-order valence-corrected chi connectivity index (χ4v) is 5.30. The summed E-state index contributed by atoms with van der Waals surface area (Å²) in [4.78, 5) is 45.2. The van der Waals surface area contributed by atoms with Gasteiger partial charge < -0.3 is 24.8 Å². The number of likely N-dealkylation sites (tertiary alicyclic amines) is 1. The van der Waals surface area contributed by atoms with Crippen LogP contribution in [0.5, 0.6) is 5.75 Å². The van der Waals surface area contributed by atoms with Crippen molar-refractivity contribution < 1.29 is 19.1 Å². The Balaban J connectivity index is 1.29. The lowest BCUT2D eigenvalue weighted by atomic mass is 9.85. The maximum Gasteiger partial charge on any atom is 0.250 e. The molecular weight excluding hydrogens is 492 g/mol. The van der Waals surface area contributed by atoms with Crippen LogP contribution in [0, 0.1) is 0 Å². The quantitative estimate of drug-likeness (QED) is 0.473. The van der Waals surface area contributed by atoms with Gasteiger partial charge in [-0.3, -0.25) is 14.4 Å². The van der Waals surface area contributed by atoms with Crippen LogP contribution in [-0.2, 0) is 14.4 Å². The molecule has 2 fully saturated rings. The summed E-state index contributed by atoms with van der Waals surface area (Å²) in [5, 5.41) is 2.87. The average Bonchev–Trinajstić information content (AvgIpc) is 3.23. The number of rotatable bonds is 7. The summed E-state index contributed by atoms with van der Waals surface area (Å²) in [6, 6.07) is 26.6. The number of hydrogen-bond donors (Lipinski definition) is 1. The summed E-state index contributed by atoms with van der Waals surface area (Å²) in [6.07, 6.45) is 4.38. The molecule has 0 aromatic heterocycles. The molecule has 3 aromatic carbocycles. The highest BCUT2D eigenvalue weighted by Gasteiger charge is 2.54. The summed E-state index contributed by atoms with van der Waals surface area (Å²) in [7, 11) is 1.59. The zero-order valence-corrected chi connectivity index (χ0v) is 22.0. The van der Waals surface area contributed by atoms with Crippen molar-refractivity contribution in [1.29, 1.82) is 0 Å². The number of para-hydroxylation sites is 1. The highest BCUT2D eigenvalue weighted by atomic mass is 16.5. The number of ether oxygens (including phenoxy) is 1. The van der Waals surface area contributed by atoms with Gasteiger partial charge in [-0.05, 0) is 60.9 Å². The first-order valence-electron chi connectivity index (χ1n) is 13.1. The summed E-state index contributed by atoms with van der Waals surface area (Å²) in [6.45, 7) is 1.16. The molecule has 1 spiro atoms. The number of amides is 3. The third-order valence-electron chi connectivity index (χ3n) is 7.41. The number of nitrogens with one attached hydrogen (secondary N) is 1. The fraction of sp³-hybridized carbons (Fsp3) is 0.258. The summed E-state index contributed by atoms with van der Waals surface area (Å²) >= 11 is 0. The minimum atomic E-state index is -0.804. The van der Waals surface area contributed by atoms with Crippen LogP contribution >= 0.6 is 0 Å². The molecular formula is C31H32N4O4. The van der Waals surface area contributed by atoms with Crippen LogP contribution in [-0.4, -0.2) is 66.5 Å². The summed E-state index contributed by atoms with van der Waals surface area (Å²) in [5.41, 5.74) is 1.72. The van der Waals surface area contributed by atoms with Crippen LogP contribution in [0.3, 0.4) is 0 Å². The molecule has 1 N–H and O–H groups in total. The van der Waals surface area contributed by atoms with Gasteiger partial charge in [0, 0.05) is 30.5 Å². The number of hydrogen-bond acceptors (Lipinski definition) is 5. The van der Waals surface area contributed by atoms with Crippen molar-refractivity contribution in [1.82, 2.24) is 9.80 Å². The van der Waals surface area contributed by atoms with E-state index in [0.29, 0.717) is 44.0 Å². The summed E-state index contributed by atoms with van der Waals surface area (Å²) in [5.74, 6) is 0.282. The largest absolute Gasteiger partial charge is 0.497 e. The van der Waals surface area contributed by atoms with Crippen molar-refractivity contribution in [2.45, 2.75) is 18.4 Å². The molecule has 200 valence electrons. The highest BCUT2D eigenvalue weighted by molar-refractivity contribution is 5.99. The second kappa shape index (κ2) is 11.4. The Labute approximate surface area is 228 Å². The molecule has 2 aliphatic rings. The predicted molar refractivity (Wildman–Crippen MR) is 151 cm³/mol. The Bertz CT molecular complexity index is 1330. The molecule has 3 aromatic rings. The molecule has 2 saturated heterocycles. The molecule has 0 radical (unpaired) electrons. The Kier molecular flexibility index (Phi) is 7.63. The molecule has 0 unspecified atom stereocenters. The molecule has 0 bridgehead atoms. The summed E-state index contributed by atoms with van der Waals surface area (Å²) < 4.78 is 5.17. The Morgan fingerprint density at radius 2 is 1.56 bits per heavy atom. The van der Waals surface area contributed by atoms with E-state index < -0.39 is 5.54 Å². The van der Waals surface area contributed by atoms with Gasteiger partial charge in [-0.2, -0.15) is 0 Å². The van der Waals surface area contributed by atoms with E-state index in [9.17, 15) is 14.4 Å². The molecule has 0 saturated carbocycles. The van der Waals surface area contributed by atoms with Crippen LogP contribution < -0.4 is 15.0 Å². The first kappa shape index (κ1) is 26.0. The molecule has 8 heteroatoms. The Morgan fingerprint density at radius 1 is 0.923 bits per heavy atom. The van der Waals surface area contributed by atoms with Gasteiger partial charge in [0.2, 0.25) is 11.8 Å². The van der Waals surface area contributed by atoms with E-state index in [0.717, 1.165) is 11.3 Å². The average molecular weight is 525 g/mol. The molecule has 3 amide bonds. The molecule has 8 nitrogen and oxygen atoms in total. The van der Waals surface area contributed by atoms with E-state index in [1.165, 1.54) is 0 Å². The maximum atomic E-state index is 13.9. The molecule has 5 rings (SSSR count). The zero-order chi connectivity index (χ0) is 27.2. The number of anilines is 2. The van der Waals surface area contributed by atoms with Gasteiger partial charge in [0.05, 0.1) is 13.8 Å². The Morgan fingerprint density at radius 3 is 2.21 bits per heavy atom. The second-order valence-electron chi connectivity index (χ2n) is 9.79. The van der Waals surface area contributed by atoms with Crippen molar-refractivity contribution >= 4 is 35.2 Å². The number of benzene rings is 3. The van der Waals surface area contributed by atoms with E-state index in [1.54, 1.807) is 47.3 Å². The smallest absolute Gasteiger partial charge is 0.250 e. The zero-order valence-electron chi connectivity index (χ0n) is 22.0. The first-order chi connectivity index (χ1) is 19.0. The normalized spacial score (nSPS) is 16.6. The van der Waals surface area contributed by atoms with Gasteiger partial charge in [-0.25, -0.2) is 0 Å². The van der Waals surface area contributed by atoms with Crippen molar-refractivity contribution in [3.8, 4) is 5.75 Å². The van der Waals surface area contributed by atoms with Crippen LogP contribution in [0.1, 0.15) is 18.4 Å². The standard InChI is InChI=1S/C31H32N4O4/c1-39-27-15-13-25(14-16-27)32-28(36)22-34-23-35(26-10-6-3-7-11-26)31(30(34)38)18-20-33(21-19-31)29(37)17-12-24-8-4-2-5-9-24/h2-17H,18-23H2,1H3,(H,32,36). The SMILES string of the molecule is COc1ccc(NC(=O)CN2CN(c3ccccc3)C3(CCN(C(=O)C=Cc4ccccc4)CC3)C2=O)cc1. The lowest BCUT2D eigenvalue weighted by Crippen LogP contribution is -2.57. The van der Waals surface area contributed by atoms with Crippen LogP contribution in [0.4, 0.5) is 11.4 Å². The van der Waals surface area contributed by atoms with Gasteiger partial charge in [0.15, 0.2) is 0 Å². The number of nitrogens with zero attached hydrogens (tertiary/aromatic N) is 3. The van der Waals surface area contributed by atoms with Crippen LogP contribution in [0.25, 0.3) is 6.08 Å². The fourth-order valence-electron chi connectivity index (χ4n) is 5.30. The third-order valence-corrected chi connectivity index (χ3v) is 7.41. The number of piperidine rings is 1. The van der Waals surface area contributed by atoms with Crippen molar-refractivity contribution in [2.24, 2.45) is 0 Å². The van der Waals surface area contributed by atoms with Crippen molar-refractivity contribution in [3.05, 3.63) is 96.6 Å². The molecule has 0 atom stereocenters. The highest BCUT2D eigenvalue weighted by Crippen LogP contribution is 2.39. The maximum absolute atomic E-state index is 13.9. The van der Waals surface area contributed by atoms with Crippen LogP contribution in [0.2, 0.25) is 0 Å². The first-order valence-corrected chi connectivity index (χ1v) is 13.1. The van der Waals surface area contributed by atoms with Gasteiger partial charge in [0.25, 0.3) is 5.91 Å². The number of carbonyl (C=O) groups is 3. The minimum absolute atomic E-state index is 0.0571. The lowest BCUT2D eigenvalue weighted by Gasteiger charge is -2.43. The topological polar surface area (TPSA) is 82.2 Å². The van der Waals surface area contributed by atoms with Crippen molar-refractivity contribution in [2.75, 3.05) is 43.6 Å². The monoisotopic (exact) mass is 524 g/mol. The molecule has 39 heavy (non-hydrogen) atoms. The van der Waals surface area contributed by atoms with Crippen LogP contribution in [0.15, 0.2) is 91.0 Å². The van der Waals surface area contributed by atoms with Gasteiger partial charge >= 0.3 is 0 Å². The van der Waals surface area contributed by atoms with E-state index in [-0.39, 0.29) is 24.3 Å². The number of carbonyl (C=O) groups excluding carboxylic acids is 3. The van der Waals surface area contributed by atoms with Crippen molar-refractivity contribution in [3.63, 3.8) is 0 Å². The van der Waals surface area contributed by atoms with Gasteiger partial charge in [-0.15, -0.1) is 0 Å². The Hall–Kier alpha value is -4.59. The third kappa shape index (κ3) is 5.65. The second-order valence-corrected chi connectivity index (χ2v) is 9.79. The minimum Gasteiger partial charge on any atom is -0.497 e. The van der Waals surface area contributed by atoms with E-state index in [4.69, 9.17) is 4.74 Å². The van der Waals surface area contributed by atoms with E-state index in [1.807, 2.05) is 66.7 Å². The van der Waals surface area contributed by atoms with Gasteiger partial charge in [-0.1, -0.05) is 48.5 Å². The molecule has 2 aliphatic heterocycles. The lowest BCUT2D eigenvalue weighted by molar-refractivity contribution is -0.138. The number of methoxy groups -OCH3 is 1.